The fraction of sp³-hybridized carbons (Fsp3) is 1.00. The zero-order valence-electron chi connectivity index (χ0n) is 12.0. The molecule has 3 aliphatic rings. The number of nitrogens with one attached hydrogen (secondary N) is 1. The molecular formula is C16H30N2. The van der Waals surface area contributed by atoms with E-state index in [2.05, 4.69) is 17.1 Å². The molecule has 0 aromatic rings. The first-order valence-corrected chi connectivity index (χ1v) is 8.34. The molecule has 0 aromatic heterocycles. The first kappa shape index (κ1) is 12.9. The van der Waals surface area contributed by atoms with Crippen LogP contribution >= 0.6 is 0 Å². The van der Waals surface area contributed by atoms with E-state index in [1.807, 2.05) is 0 Å². The molecule has 0 spiro atoms. The summed E-state index contributed by atoms with van der Waals surface area (Å²) in [4.78, 5) is 2.85. The standard InChI is InChI=1S/C16H30N2/c1-2-13-7-8-15(11-13)18-10-4-5-14(12-18)16-6-3-9-17-16/h13-17H,2-12H2,1H3. The van der Waals surface area contributed by atoms with Gasteiger partial charge >= 0.3 is 0 Å². The van der Waals surface area contributed by atoms with E-state index in [1.54, 1.807) is 0 Å². The van der Waals surface area contributed by atoms with E-state index in [1.165, 1.54) is 71.0 Å². The molecule has 2 nitrogen and oxygen atoms in total. The molecule has 2 heterocycles. The van der Waals surface area contributed by atoms with Crippen LogP contribution < -0.4 is 5.32 Å². The molecule has 0 amide bonds. The quantitative estimate of drug-likeness (QED) is 0.828. The van der Waals surface area contributed by atoms with Gasteiger partial charge in [0.15, 0.2) is 0 Å². The van der Waals surface area contributed by atoms with Crippen LogP contribution in [0.4, 0.5) is 0 Å². The number of nitrogens with zero attached hydrogens (tertiary/aromatic N) is 1. The van der Waals surface area contributed by atoms with Crippen molar-refractivity contribution in [2.45, 2.75) is 70.4 Å². The molecule has 4 unspecified atom stereocenters. The molecule has 3 rings (SSSR count). The number of rotatable bonds is 3. The van der Waals surface area contributed by atoms with Crippen molar-refractivity contribution in [2.24, 2.45) is 11.8 Å². The lowest BCUT2D eigenvalue weighted by molar-refractivity contribution is 0.107. The maximum atomic E-state index is 3.73. The largest absolute Gasteiger partial charge is 0.314 e. The molecular weight excluding hydrogens is 220 g/mol. The van der Waals surface area contributed by atoms with E-state index in [0.29, 0.717) is 0 Å². The summed E-state index contributed by atoms with van der Waals surface area (Å²) in [5.41, 5.74) is 0. The molecule has 1 N–H and O–H groups in total. The molecule has 2 aliphatic heterocycles. The molecule has 0 radical (unpaired) electrons. The smallest absolute Gasteiger partial charge is 0.0108 e. The minimum atomic E-state index is 0.844. The minimum absolute atomic E-state index is 0.844. The lowest BCUT2D eigenvalue weighted by atomic mass is 9.89. The Kier molecular flexibility index (Phi) is 4.25. The number of hydrogen-bond donors (Lipinski definition) is 1. The van der Waals surface area contributed by atoms with Crippen LogP contribution in [0.2, 0.25) is 0 Å². The van der Waals surface area contributed by atoms with Crippen molar-refractivity contribution in [1.29, 1.82) is 0 Å². The summed E-state index contributed by atoms with van der Waals surface area (Å²) in [6.45, 7) is 6.40. The molecule has 104 valence electrons. The van der Waals surface area contributed by atoms with Crippen LogP contribution in [0.3, 0.4) is 0 Å². The van der Waals surface area contributed by atoms with E-state index in [4.69, 9.17) is 0 Å². The second-order valence-electron chi connectivity index (χ2n) is 6.84. The van der Waals surface area contributed by atoms with Gasteiger partial charge in [-0.3, -0.25) is 0 Å². The zero-order chi connectivity index (χ0) is 12.4. The van der Waals surface area contributed by atoms with Crippen LogP contribution in [-0.2, 0) is 0 Å². The Hall–Kier alpha value is -0.0800. The minimum Gasteiger partial charge on any atom is -0.314 e. The zero-order valence-corrected chi connectivity index (χ0v) is 12.0. The Bertz CT molecular complexity index is 260. The topological polar surface area (TPSA) is 15.3 Å². The fourth-order valence-corrected chi connectivity index (χ4v) is 4.57. The third-order valence-electron chi connectivity index (χ3n) is 5.76. The van der Waals surface area contributed by atoms with Gasteiger partial charge in [0.1, 0.15) is 0 Å². The van der Waals surface area contributed by atoms with Gasteiger partial charge in [0.25, 0.3) is 0 Å². The Labute approximate surface area is 113 Å². The highest BCUT2D eigenvalue weighted by atomic mass is 15.2. The highest BCUT2D eigenvalue weighted by Crippen LogP contribution is 2.34. The summed E-state index contributed by atoms with van der Waals surface area (Å²) in [5, 5.41) is 3.73. The number of hydrogen-bond acceptors (Lipinski definition) is 2. The van der Waals surface area contributed by atoms with Crippen molar-refractivity contribution >= 4 is 0 Å². The van der Waals surface area contributed by atoms with Crippen molar-refractivity contribution in [3.63, 3.8) is 0 Å². The van der Waals surface area contributed by atoms with E-state index in [9.17, 15) is 0 Å². The van der Waals surface area contributed by atoms with Crippen molar-refractivity contribution in [3.8, 4) is 0 Å². The lowest BCUT2D eigenvalue weighted by Crippen LogP contribution is -2.46. The second-order valence-corrected chi connectivity index (χ2v) is 6.84. The van der Waals surface area contributed by atoms with Gasteiger partial charge in [0, 0.05) is 18.6 Å². The molecule has 4 atom stereocenters. The molecule has 18 heavy (non-hydrogen) atoms. The van der Waals surface area contributed by atoms with Crippen molar-refractivity contribution in [1.82, 2.24) is 10.2 Å². The number of likely N-dealkylation sites (tertiary alicyclic amines) is 1. The lowest BCUT2D eigenvalue weighted by Gasteiger charge is -2.39. The average Bonchev–Trinajstić information content (AvgIpc) is 3.10. The monoisotopic (exact) mass is 250 g/mol. The highest BCUT2D eigenvalue weighted by molar-refractivity contribution is 4.90. The molecule has 2 heteroatoms. The highest BCUT2D eigenvalue weighted by Gasteiger charge is 2.34. The summed E-state index contributed by atoms with van der Waals surface area (Å²) in [7, 11) is 0. The van der Waals surface area contributed by atoms with Gasteiger partial charge in [-0.1, -0.05) is 13.3 Å². The summed E-state index contributed by atoms with van der Waals surface area (Å²) < 4.78 is 0. The number of piperidine rings is 1. The molecule has 0 bridgehead atoms. The van der Waals surface area contributed by atoms with Crippen LogP contribution in [0.25, 0.3) is 0 Å². The summed E-state index contributed by atoms with van der Waals surface area (Å²) >= 11 is 0. The molecule has 3 fully saturated rings. The van der Waals surface area contributed by atoms with E-state index >= 15 is 0 Å². The fourth-order valence-electron chi connectivity index (χ4n) is 4.57. The maximum Gasteiger partial charge on any atom is 0.0108 e. The maximum absolute atomic E-state index is 3.73. The molecule has 1 saturated carbocycles. The van der Waals surface area contributed by atoms with Gasteiger partial charge in [-0.2, -0.15) is 0 Å². The van der Waals surface area contributed by atoms with Crippen LogP contribution in [0.15, 0.2) is 0 Å². The van der Waals surface area contributed by atoms with Crippen LogP contribution in [0.5, 0.6) is 0 Å². The first-order valence-electron chi connectivity index (χ1n) is 8.34. The third kappa shape index (κ3) is 2.75. The van der Waals surface area contributed by atoms with Gasteiger partial charge < -0.3 is 10.2 Å². The van der Waals surface area contributed by atoms with Crippen molar-refractivity contribution in [2.75, 3.05) is 19.6 Å². The van der Waals surface area contributed by atoms with Gasteiger partial charge in [-0.05, 0) is 69.9 Å². The summed E-state index contributed by atoms with van der Waals surface area (Å²) in [6, 6.07) is 1.77. The second kappa shape index (κ2) is 5.92. The van der Waals surface area contributed by atoms with E-state index in [0.717, 1.165) is 23.9 Å². The van der Waals surface area contributed by atoms with Gasteiger partial charge in [0.2, 0.25) is 0 Å². The van der Waals surface area contributed by atoms with Crippen LogP contribution in [0.1, 0.15) is 58.3 Å². The molecule has 2 saturated heterocycles. The average molecular weight is 250 g/mol. The third-order valence-corrected chi connectivity index (χ3v) is 5.76. The first-order chi connectivity index (χ1) is 8.86. The van der Waals surface area contributed by atoms with E-state index < -0.39 is 0 Å². The Morgan fingerprint density at radius 2 is 2.06 bits per heavy atom. The SMILES string of the molecule is CCC1CCC(N2CCCC(C3CCCN3)C2)C1. The van der Waals surface area contributed by atoms with Gasteiger partial charge in [-0.25, -0.2) is 0 Å². The summed E-state index contributed by atoms with van der Waals surface area (Å²) in [5.74, 6) is 1.97. The van der Waals surface area contributed by atoms with Crippen LogP contribution in [-0.4, -0.2) is 36.6 Å². The normalized spacial score (nSPS) is 42.5. The molecule has 0 aromatic carbocycles. The van der Waals surface area contributed by atoms with E-state index in [-0.39, 0.29) is 0 Å². The van der Waals surface area contributed by atoms with Gasteiger partial charge in [0.05, 0.1) is 0 Å². The summed E-state index contributed by atoms with van der Waals surface area (Å²) in [6.07, 6.45) is 11.6. The molecule has 1 aliphatic carbocycles. The van der Waals surface area contributed by atoms with Gasteiger partial charge in [-0.15, -0.1) is 0 Å². The van der Waals surface area contributed by atoms with Crippen LogP contribution in [0, 0.1) is 11.8 Å². The Balaban J connectivity index is 1.53. The predicted octanol–water partition coefficient (Wildman–Crippen LogP) is 3.03. The Morgan fingerprint density at radius 3 is 2.78 bits per heavy atom. The van der Waals surface area contributed by atoms with Crippen molar-refractivity contribution < 1.29 is 0 Å². The Morgan fingerprint density at radius 1 is 1.11 bits per heavy atom. The van der Waals surface area contributed by atoms with Crippen molar-refractivity contribution in [3.05, 3.63) is 0 Å². The predicted molar refractivity (Wildman–Crippen MR) is 76.7 cm³/mol.